The van der Waals surface area contributed by atoms with Crippen molar-refractivity contribution in [2.75, 3.05) is 24.7 Å². The third kappa shape index (κ3) is 4.12. The van der Waals surface area contributed by atoms with Crippen LogP contribution in [-0.2, 0) is 10.0 Å². The van der Waals surface area contributed by atoms with Gasteiger partial charge in [-0.3, -0.25) is 9.20 Å². The Kier molecular flexibility index (Phi) is 5.22. The van der Waals surface area contributed by atoms with Gasteiger partial charge in [0.05, 0.1) is 18.4 Å². The van der Waals surface area contributed by atoms with E-state index in [1.54, 1.807) is 16.7 Å². The molecule has 3 aromatic heterocycles. The Balaban J connectivity index is 1.37. The second-order valence-electron chi connectivity index (χ2n) is 8.12. The summed E-state index contributed by atoms with van der Waals surface area (Å²) in [5.41, 5.74) is 3.30. The number of amides is 1. The predicted octanol–water partition coefficient (Wildman–Crippen LogP) is 2.69. The highest BCUT2D eigenvalue weighted by molar-refractivity contribution is 7.88. The zero-order valence-corrected chi connectivity index (χ0v) is 18.9. The molecule has 4 heterocycles. The van der Waals surface area contributed by atoms with Crippen molar-refractivity contribution in [3.63, 3.8) is 0 Å². The van der Waals surface area contributed by atoms with Crippen LogP contribution in [-0.4, -0.2) is 57.5 Å². The van der Waals surface area contributed by atoms with E-state index in [9.17, 15) is 13.2 Å². The maximum absolute atomic E-state index is 12.9. The van der Waals surface area contributed by atoms with Crippen molar-refractivity contribution < 1.29 is 17.7 Å². The standard InChI is InChI=1S/C22H22N6O4S/c1-14-6-7-15(20-25-22(32-26-20)16-8-10-27(13-16)33(2,30)31)11-17(14)24-21(29)18-12-23-19-5-3-4-9-28(18)19/h3-7,9,11-12,16H,8,10,13H2,1-2H3,(H,24,29). The zero-order valence-electron chi connectivity index (χ0n) is 18.1. The molecule has 1 aliphatic heterocycles. The molecule has 1 fully saturated rings. The van der Waals surface area contributed by atoms with Crippen LogP contribution in [0.5, 0.6) is 0 Å². The molecular formula is C22H22N6O4S. The third-order valence-electron chi connectivity index (χ3n) is 5.80. The molecule has 1 aromatic carbocycles. The van der Waals surface area contributed by atoms with Crippen molar-refractivity contribution in [1.29, 1.82) is 0 Å². The van der Waals surface area contributed by atoms with Crippen LogP contribution in [0.3, 0.4) is 0 Å². The van der Waals surface area contributed by atoms with Gasteiger partial charge in [-0.05, 0) is 37.1 Å². The molecule has 4 aromatic rings. The van der Waals surface area contributed by atoms with Crippen LogP contribution in [0.15, 0.2) is 53.3 Å². The van der Waals surface area contributed by atoms with E-state index < -0.39 is 10.0 Å². The predicted molar refractivity (Wildman–Crippen MR) is 121 cm³/mol. The molecule has 1 unspecified atom stereocenters. The fraction of sp³-hybridized carbons (Fsp3) is 0.273. The number of imidazole rings is 1. The van der Waals surface area contributed by atoms with E-state index >= 15 is 0 Å². The van der Waals surface area contributed by atoms with Gasteiger partial charge in [0.2, 0.25) is 21.7 Å². The molecule has 5 rings (SSSR count). The Bertz CT molecular complexity index is 1460. The number of carbonyl (C=O) groups is 1. The molecule has 1 amide bonds. The van der Waals surface area contributed by atoms with Gasteiger partial charge in [-0.2, -0.15) is 4.98 Å². The number of hydrogen-bond donors (Lipinski definition) is 1. The zero-order chi connectivity index (χ0) is 23.2. The van der Waals surface area contributed by atoms with Crippen LogP contribution < -0.4 is 5.32 Å². The number of benzene rings is 1. The first kappa shape index (κ1) is 21.3. The number of carbonyl (C=O) groups excluding carboxylic acids is 1. The van der Waals surface area contributed by atoms with Crippen molar-refractivity contribution in [1.82, 2.24) is 23.8 Å². The minimum atomic E-state index is -3.25. The van der Waals surface area contributed by atoms with Crippen LogP contribution in [0.1, 0.15) is 34.3 Å². The number of sulfonamides is 1. The number of anilines is 1. The molecule has 0 bridgehead atoms. The summed E-state index contributed by atoms with van der Waals surface area (Å²) >= 11 is 0. The third-order valence-corrected chi connectivity index (χ3v) is 7.07. The molecule has 0 aliphatic carbocycles. The Morgan fingerprint density at radius 2 is 2.09 bits per heavy atom. The lowest BCUT2D eigenvalue weighted by Crippen LogP contribution is -2.27. The van der Waals surface area contributed by atoms with Crippen molar-refractivity contribution in [2.45, 2.75) is 19.3 Å². The minimum absolute atomic E-state index is 0.138. The van der Waals surface area contributed by atoms with Gasteiger partial charge in [0.25, 0.3) is 5.91 Å². The lowest BCUT2D eigenvalue weighted by Gasteiger charge is -2.11. The molecule has 0 spiro atoms. The number of fused-ring (bicyclic) bond motifs is 1. The van der Waals surface area contributed by atoms with Crippen LogP contribution in [0.25, 0.3) is 17.0 Å². The first-order valence-corrected chi connectivity index (χ1v) is 12.3. The van der Waals surface area contributed by atoms with E-state index in [0.29, 0.717) is 53.8 Å². The molecular weight excluding hydrogens is 444 g/mol. The van der Waals surface area contributed by atoms with Crippen molar-refractivity contribution >= 4 is 27.3 Å². The normalized spacial score (nSPS) is 17.0. The number of pyridine rings is 1. The molecule has 11 heteroatoms. The molecule has 33 heavy (non-hydrogen) atoms. The first-order chi connectivity index (χ1) is 15.8. The van der Waals surface area contributed by atoms with Gasteiger partial charge < -0.3 is 9.84 Å². The monoisotopic (exact) mass is 466 g/mol. The summed E-state index contributed by atoms with van der Waals surface area (Å²) < 4.78 is 32.1. The van der Waals surface area contributed by atoms with E-state index in [1.165, 1.54) is 16.8 Å². The summed E-state index contributed by atoms with van der Waals surface area (Å²) in [6.45, 7) is 2.66. The van der Waals surface area contributed by atoms with Gasteiger partial charge >= 0.3 is 0 Å². The second-order valence-corrected chi connectivity index (χ2v) is 10.1. The van der Waals surface area contributed by atoms with E-state index in [4.69, 9.17) is 4.52 Å². The topological polar surface area (TPSA) is 123 Å². The van der Waals surface area contributed by atoms with Gasteiger partial charge in [-0.15, -0.1) is 0 Å². The van der Waals surface area contributed by atoms with E-state index in [-0.39, 0.29) is 11.8 Å². The molecule has 170 valence electrons. The number of hydrogen-bond acceptors (Lipinski definition) is 7. The van der Waals surface area contributed by atoms with Gasteiger partial charge in [-0.1, -0.05) is 23.4 Å². The fourth-order valence-corrected chi connectivity index (χ4v) is 4.82. The summed E-state index contributed by atoms with van der Waals surface area (Å²) in [6.07, 6.45) is 5.15. The maximum Gasteiger partial charge on any atom is 0.274 e. The highest BCUT2D eigenvalue weighted by Crippen LogP contribution is 2.30. The number of nitrogens with zero attached hydrogens (tertiary/aromatic N) is 5. The molecule has 1 N–H and O–H groups in total. The van der Waals surface area contributed by atoms with Gasteiger partial charge in [0, 0.05) is 30.5 Å². The van der Waals surface area contributed by atoms with Gasteiger partial charge in [0.15, 0.2) is 0 Å². The number of aromatic nitrogens is 4. The minimum Gasteiger partial charge on any atom is -0.339 e. The highest BCUT2D eigenvalue weighted by Gasteiger charge is 2.33. The smallest absolute Gasteiger partial charge is 0.274 e. The quantitative estimate of drug-likeness (QED) is 0.480. The van der Waals surface area contributed by atoms with Crippen molar-refractivity contribution in [2.24, 2.45) is 0 Å². The molecule has 1 saturated heterocycles. The maximum atomic E-state index is 12.9. The summed E-state index contributed by atoms with van der Waals surface area (Å²) in [4.78, 5) is 21.7. The Morgan fingerprint density at radius 3 is 2.88 bits per heavy atom. The molecule has 0 radical (unpaired) electrons. The molecule has 0 saturated carbocycles. The highest BCUT2D eigenvalue weighted by atomic mass is 32.2. The summed E-state index contributed by atoms with van der Waals surface area (Å²) in [5, 5.41) is 7.02. The first-order valence-electron chi connectivity index (χ1n) is 10.4. The number of nitrogens with one attached hydrogen (secondary N) is 1. The Hall–Kier alpha value is -3.57. The lowest BCUT2D eigenvalue weighted by atomic mass is 10.1. The SMILES string of the molecule is Cc1ccc(-c2noc(C3CCN(S(C)(=O)=O)C3)n2)cc1NC(=O)c1cnc2ccccn12. The Morgan fingerprint density at radius 1 is 1.24 bits per heavy atom. The van der Waals surface area contributed by atoms with Crippen molar-refractivity contribution in [3.8, 4) is 11.4 Å². The van der Waals surface area contributed by atoms with Crippen molar-refractivity contribution in [3.05, 3.63) is 65.9 Å². The van der Waals surface area contributed by atoms with E-state index in [2.05, 4.69) is 20.4 Å². The average Bonchev–Trinajstić information content (AvgIpc) is 3.53. The molecule has 10 nitrogen and oxygen atoms in total. The summed E-state index contributed by atoms with van der Waals surface area (Å²) in [7, 11) is -3.25. The second kappa shape index (κ2) is 8.09. The Labute approximate surface area is 190 Å². The van der Waals surface area contributed by atoms with Crippen LogP contribution >= 0.6 is 0 Å². The average molecular weight is 467 g/mol. The van der Waals surface area contributed by atoms with E-state index in [1.807, 2.05) is 37.3 Å². The molecule has 1 atom stereocenters. The summed E-state index contributed by atoms with van der Waals surface area (Å²) in [5.74, 6) is 0.372. The van der Waals surface area contributed by atoms with Gasteiger partial charge in [-0.25, -0.2) is 17.7 Å². The van der Waals surface area contributed by atoms with Gasteiger partial charge in [0.1, 0.15) is 11.3 Å². The summed E-state index contributed by atoms with van der Waals surface area (Å²) in [6, 6.07) is 11.0. The lowest BCUT2D eigenvalue weighted by molar-refractivity contribution is 0.102. The van der Waals surface area contributed by atoms with E-state index in [0.717, 1.165) is 5.56 Å². The number of aryl methyl sites for hydroxylation is 1. The van der Waals surface area contributed by atoms with Crippen LogP contribution in [0.2, 0.25) is 0 Å². The largest absolute Gasteiger partial charge is 0.339 e. The number of rotatable bonds is 5. The van der Waals surface area contributed by atoms with Crippen LogP contribution in [0, 0.1) is 6.92 Å². The fourth-order valence-electron chi connectivity index (χ4n) is 3.93. The van der Waals surface area contributed by atoms with Crippen LogP contribution in [0.4, 0.5) is 5.69 Å². The molecule has 1 aliphatic rings.